The minimum absolute atomic E-state index is 0.0194. The van der Waals surface area contributed by atoms with Gasteiger partial charge >= 0.3 is 11.9 Å². The topological polar surface area (TPSA) is 118 Å². The highest BCUT2D eigenvalue weighted by atomic mass is 35.5. The molecule has 1 N–H and O–H groups in total. The minimum atomic E-state index is -4.62. The molecule has 30 heavy (non-hydrogen) atoms. The maximum atomic E-state index is 13.5. The second kappa shape index (κ2) is 9.57. The molecule has 0 aromatic heterocycles. The van der Waals surface area contributed by atoms with Crippen LogP contribution in [-0.4, -0.2) is 43.7 Å². The second-order valence-electron chi connectivity index (χ2n) is 6.81. The molecule has 0 heterocycles. The van der Waals surface area contributed by atoms with Gasteiger partial charge in [0.1, 0.15) is 11.1 Å². The van der Waals surface area contributed by atoms with Crippen molar-refractivity contribution in [3.8, 4) is 0 Å². The lowest BCUT2D eigenvalue weighted by Crippen LogP contribution is -2.47. The van der Waals surface area contributed by atoms with E-state index in [0.717, 1.165) is 25.3 Å². The number of carbonyl (C=O) groups excluding carboxylic acids is 2. The van der Waals surface area contributed by atoms with Crippen LogP contribution in [-0.2, 0) is 29.1 Å². The van der Waals surface area contributed by atoms with E-state index in [9.17, 15) is 32.3 Å². The van der Waals surface area contributed by atoms with Gasteiger partial charge in [0.15, 0.2) is 0 Å². The normalized spacial score (nSPS) is 17.6. The van der Waals surface area contributed by atoms with Gasteiger partial charge < -0.3 is 9.84 Å². The van der Waals surface area contributed by atoms with E-state index in [2.05, 4.69) is 4.74 Å². The summed E-state index contributed by atoms with van der Waals surface area (Å²) in [6.45, 7) is 1.33. The van der Waals surface area contributed by atoms with Gasteiger partial charge in [0.05, 0.1) is 29.8 Å². The number of sulfonamides is 1. The van der Waals surface area contributed by atoms with E-state index in [0.29, 0.717) is 17.1 Å². The van der Waals surface area contributed by atoms with Gasteiger partial charge in [-0.05, 0) is 37.5 Å². The average molecular weight is 462 g/mol. The van der Waals surface area contributed by atoms with Gasteiger partial charge in [-0.3, -0.25) is 9.59 Å². The van der Waals surface area contributed by atoms with E-state index >= 15 is 0 Å². The molecule has 11 heteroatoms. The van der Waals surface area contributed by atoms with E-state index in [4.69, 9.17) is 11.6 Å². The summed E-state index contributed by atoms with van der Waals surface area (Å²) in [6.07, 6.45) is 1.66. The number of nitrogens with zero attached hydrogens (tertiary/aromatic N) is 1. The molecule has 1 amide bonds. The van der Waals surface area contributed by atoms with Crippen molar-refractivity contribution in [3.63, 3.8) is 0 Å². The van der Waals surface area contributed by atoms with Crippen LogP contribution in [0.3, 0.4) is 0 Å². The molecule has 0 saturated heterocycles. The van der Waals surface area contributed by atoms with Crippen LogP contribution in [0.4, 0.5) is 10.1 Å². The van der Waals surface area contributed by atoms with Crippen LogP contribution in [0, 0.1) is 11.7 Å². The monoisotopic (exact) mass is 461 g/mol. The zero-order valence-electron chi connectivity index (χ0n) is 16.3. The van der Waals surface area contributed by atoms with Crippen molar-refractivity contribution in [1.29, 1.82) is 0 Å². The number of benzene rings is 1. The zero-order valence-corrected chi connectivity index (χ0v) is 17.9. The largest absolute Gasteiger partial charge is 0.478 e. The second-order valence-corrected chi connectivity index (χ2v) is 9.18. The molecule has 8 nitrogen and oxygen atoms in total. The van der Waals surface area contributed by atoms with Crippen molar-refractivity contribution in [1.82, 2.24) is 0 Å². The Bertz CT molecular complexity index is 993. The first-order valence-electron chi connectivity index (χ1n) is 9.03. The number of carboxylic acids is 1. The van der Waals surface area contributed by atoms with Crippen LogP contribution < -0.4 is 4.31 Å². The van der Waals surface area contributed by atoms with E-state index in [1.54, 1.807) is 0 Å². The number of hydrogen-bond donors (Lipinski definition) is 1. The summed E-state index contributed by atoms with van der Waals surface area (Å²) in [4.78, 5) is 36.3. The first-order chi connectivity index (χ1) is 14.0. The molecular formula is C19H21ClFNO7S. The van der Waals surface area contributed by atoms with Crippen molar-refractivity contribution >= 4 is 45.2 Å². The fraction of sp³-hybridized carbons (Fsp3) is 0.421. The number of amides is 1. The Labute approximate surface area is 178 Å². The molecule has 1 aromatic rings. The summed E-state index contributed by atoms with van der Waals surface area (Å²) in [7, 11) is -3.50. The molecule has 2 atom stereocenters. The highest BCUT2D eigenvalue weighted by Gasteiger charge is 2.43. The van der Waals surface area contributed by atoms with Gasteiger partial charge in [0.25, 0.3) is 0 Å². The number of carboxylic acid groups (broad SMARTS) is 1. The predicted molar refractivity (Wildman–Crippen MR) is 107 cm³/mol. The van der Waals surface area contributed by atoms with Crippen LogP contribution in [0.15, 0.2) is 29.8 Å². The van der Waals surface area contributed by atoms with Gasteiger partial charge in [-0.15, -0.1) is 0 Å². The molecule has 2 rings (SSSR count). The van der Waals surface area contributed by atoms with E-state index in [-0.39, 0.29) is 22.7 Å². The standard InChI is InChI=1S/C19H21ClFNO7S/c1-11(9-17(23)29-2)18(24)22(15-8-7-12(21)10-14(15)20)30(27,28)16-6-4-3-5-13(16)19(25)26/h5,7-8,10-11,16H,3-4,6,9H2,1-2H3,(H,25,26)/t11?,16-/m0/s1. The van der Waals surface area contributed by atoms with Crippen molar-refractivity contribution in [3.05, 3.63) is 40.7 Å². The molecule has 1 aromatic carbocycles. The van der Waals surface area contributed by atoms with Gasteiger partial charge in [0, 0.05) is 5.92 Å². The quantitative estimate of drug-likeness (QED) is 0.620. The summed E-state index contributed by atoms with van der Waals surface area (Å²) < 4.78 is 45.4. The lowest BCUT2D eigenvalue weighted by molar-refractivity contribution is -0.143. The van der Waals surface area contributed by atoms with Crippen LogP contribution in [0.1, 0.15) is 32.6 Å². The van der Waals surface area contributed by atoms with Crippen LogP contribution in [0.2, 0.25) is 5.02 Å². The Morgan fingerprint density at radius 3 is 2.60 bits per heavy atom. The average Bonchev–Trinajstić information content (AvgIpc) is 2.69. The maximum Gasteiger partial charge on any atom is 0.332 e. The first-order valence-corrected chi connectivity index (χ1v) is 10.9. The Kier molecular flexibility index (Phi) is 7.59. The fourth-order valence-corrected chi connectivity index (χ4v) is 5.56. The van der Waals surface area contributed by atoms with Crippen molar-refractivity contribution in [2.24, 2.45) is 5.92 Å². The fourth-order valence-electron chi connectivity index (χ4n) is 3.16. The number of esters is 1. The lowest BCUT2D eigenvalue weighted by Gasteiger charge is -2.31. The molecule has 1 unspecified atom stereocenters. The molecule has 164 valence electrons. The number of hydrogen-bond acceptors (Lipinski definition) is 6. The molecule has 0 spiro atoms. The Morgan fingerprint density at radius 1 is 1.37 bits per heavy atom. The Hall–Kier alpha value is -2.46. The molecular weight excluding hydrogens is 441 g/mol. The van der Waals surface area contributed by atoms with E-state index in [1.807, 2.05) is 0 Å². The summed E-state index contributed by atoms with van der Waals surface area (Å²) in [5, 5.41) is 7.59. The molecule has 0 bridgehead atoms. The zero-order chi connectivity index (χ0) is 22.6. The van der Waals surface area contributed by atoms with Crippen LogP contribution in [0.5, 0.6) is 0 Å². The van der Waals surface area contributed by atoms with E-state index < -0.39 is 51.3 Å². The molecule has 0 aliphatic heterocycles. The summed E-state index contributed by atoms with van der Waals surface area (Å²) >= 11 is 6.03. The van der Waals surface area contributed by atoms with Crippen LogP contribution in [0.25, 0.3) is 0 Å². The van der Waals surface area contributed by atoms with Crippen LogP contribution >= 0.6 is 11.6 Å². The number of carbonyl (C=O) groups is 3. The molecule has 1 aliphatic rings. The molecule has 0 radical (unpaired) electrons. The summed E-state index contributed by atoms with van der Waals surface area (Å²) in [5.74, 6) is -5.04. The number of aliphatic carboxylic acids is 1. The van der Waals surface area contributed by atoms with Gasteiger partial charge in [-0.2, -0.15) is 0 Å². The molecule has 1 aliphatic carbocycles. The van der Waals surface area contributed by atoms with Crippen molar-refractivity contribution < 1.29 is 37.0 Å². The minimum Gasteiger partial charge on any atom is -0.478 e. The number of anilines is 1. The Morgan fingerprint density at radius 2 is 2.03 bits per heavy atom. The molecule has 0 saturated carbocycles. The predicted octanol–water partition coefficient (Wildman–Crippen LogP) is 2.90. The van der Waals surface area contributed by atoms with Gasteiger partial charge in [0.2, 0.25) is 15.9 Å². The smallest absolute Gasteiger partial charge is 0.332 e. The number of allylic oxidation sites excluding steroid dienone is 1. The lowest BCUT2D eigenvalue weighted by atomic mass is 9.99. The van der Waals surface area contributed by atoms with Crippen molar-refractivity contribution in [2.45, 2.75) is 37.9 Å². The first kappa shape index (κ1) is 23.8. The number of methoxy groups -OCH3 is 1. The van der Waals surface area contributed by atoms with Crippen molar-refractivity contribution in [2.75, 3.05) is 11.4 Å². The highest BCUT2D eigenvalue weighted by molar-refractivity contribution is 7.94. The number of ether oxygens (including phenoxy) is 1. The van der Waals surface area contributed by atoms with Gasteiger partial charge in [-0.1, -0.05) is 24.6 Å². The summed E-state index contributed by atoms with van der Waals surface area (Å²) in [6, 6.07) is 2.79. The maximum absolute atomic E-state index is 13.5. The molecule has 0 fully saturated rings. The van der Waals surface area contributed by atoms with E-state index in [1.165, 1.54) is 13.0 Å². The third kappa shape index (κ3) is 4.99. The Balaban J connectivity index is 2.61. The third-order valence-electron chi connectivity index (χ3n) is 4.69. The number of halogens is 2. The third-order valence-corrected chi connectivity index (χ3v) is 7.09. The van der Waals surface area contributed by atoms with Gasteiger partial charge in [-0.25, -0.2) is 21.9 Å². The SMILES string of the molecule is COC(=O)CC(C)C(=O)N(c1ccc(F)cc1Cl)S(=O)(=O)[C@H]1CCCC=C1C(=O)O. The summed E-state index contributed by atoms with van der Waals surface area (Å²) in [5.41, 5.74) is -0.673. The highest BCUT2D eigenvalue weighted by Crippen LogP contribution is 2.35. The number of rotatable bonds is 7.